The number of nitrogens with zero attached hydrogens (tertiary/aromatic N) is 2. The molecule has 1 unspecified atom stereocenters. The minimum Gasteiger partial charge on any atom is -0.508 e. The van der Waals surface area contributed by atoms with Crippen molar-refractivity contribution in [3.8, 4) is 11.5 Å². The highest BCUT2D eigenvalue weighted by Gasteiger charge is 2.26. The van der Waals surface area contributed by atoms with E-state index in [1.165, 1.54) is 18.5 Å². The van der Waals surface area contributed by atoms with E-state index in [2.05, 4.69) is 20.3 Å². The maximum Gasteiger partial charge on any atom is 0.195 e. The van der Waals surface area contributed by atoms with E-state index in [9.17, 15) is 10.2 Å². The second kappa shape index (κ2) is 4.69. The molecule has 6 N–H and O–H groups in total. The van der Waals surface area contributed by atoms with Gasteiger partial charge in [-0.15, -0.1) is 12.4 Å². The number of imidazole rings is 1. The minimum atomic E-state index is -0.468. The summed E-state index contributed by atoms with van der Waals surface area (Å²) in [5.41, 5.74) is 6.93. The Kier molecular flexibility index (Phi) is 3.22. The van der Waals surface area contributed by atoms with Gasteiger partial charge in [0.05, 0.1) is 12.0 Å². The molecule has 0 saturated heterocycles. The zero-order valence-electron chi connectivity index (χ0n) is 9.66. The zero-order chi connectivity index (χ0) is 12.7. The molecule has 0 spiro atoms. The Hall–Kier alpha value is -2.41. The number of aromatic amines is 1. The van der Waals surface area contributed by atoms with Gasteiger partial charge in [0.15, 0.2) is 11.8 Å². The van der Waals surface area contributed by atoms with Crippen LogP contribution in [0.15, 0.2) is 29.5 Å². The SMILES string of the molecule is Cl.NC1=NC(c2ccc(O)cc2O)c2[nH]cnc2N1. The third kappa shape index (κ3) is 2.15. The van der Waals surface area contributed by atoms with Crippen LogP contribution in [0.2, 0.25) is 0 Å². The number of nitrogens with two attached hydrogens (primary N) is 1. The number of anilines is 1. The number of hydrogen-bond acceptors (Lipinski definition) is 6. The fraction of sp³-hybridized carbons (Fsp3) is 0.0909. The van der Waals surface area contributed by atoms with Crippen LogP contribution in [-0.4, -0.2) is 26.1 Å². The van der Waals surface area contributed by atoms with Crippen LogP contribution in [0.3, 0.4) is 0 Å². The summed E-state index contributed by atoms with van der Waals surface area (Å²) >= 11 is 0. The number of H-pyrrole nitrogens is 1. The number of hydrogen-bond donors (Lipinski definition) is 5. The van der Waals surface area contributed by atoms with Gasteiger partial charge in [0, 0.05) is 11.6 Å². The van der Waals surface area contributed by atoms with Gasteiger partial charge in [-0.3, -0.25) is 0 Å². The number of rotatable bonds is 1. The molecule has 0 aliphatic carbocycles. The topological polar surface area (TPSA) is 120 Å². The van der Waals surface area contributed by atoms with E-state index in [1.54, 1.807) is 6.07 Å². The molecule has 8 heteroatoms. The first-order valence-electron chi connectivity index (χ1n) is 5.30. The Morgan fingerprint density at radius 2 is 2.05 bits per heavy atom. The highest BCUT2D eigenvalue weighted by molar-refractivity contribution is 5.94. The molecule has 1 aromatic heterocycles. The summed E-state index contributed by atoms with van der Waals surface area (Å²) in [6.07, 6.45) is 1.52. The summed E-state index contributed by atoms with van der Waals surface area (Å²) in [5, 5.41) is 22.0. The number of halogens is 1. The van der Waals surface area contributed by atoms with Crippen LogP contribution >= 0.6 is 12.4 Å². The van der Waals surface area contributed by atoms with Crippen molar-refractivity contribution in [2.24, 2.45) is 10.7 Å². The highest BCUT2D eigenvalue weighted by atomic mass is 35.5. The first-order chi connectivity index (χ1) is 8.65. The van der Waals surface area contributed by atoms with Crippen molar-refractivity contribution >= 4 is 24.2 Å². The van der Waals surface area contributed by atoms with E-state index in [1.807, 2.05) is 0 Å². The molecular formula is C11H12ClN5O2. The molecule has 1 aliphatic rings. The Bertz CT molecular complexity index is 640. The van der Waals surface area contributed by atoms with Gasteiger partial charge in [-0.1, -0.05) is 0 Å². The third-order valence-corrected chi connectivity index (χ3v) is 2.77. The summed E-state index contributed by atoms with van der Waals surface area (Å²) in [7, 11) is 0. The van der Waals surface area contributed by atoms with E-state index >= 15 is 0 Å². The average Bonchev–Trinajstić information content (AvgIpc) is 2.76. The van der Waals surface area contributed by atoms with Crippen LogP contribution in [0, 0.1) is 0 Å². The van der Waals surface area contributed by atoms with Crippen LogP contribution in [0.5, 0.6) is 11.5 Å². The Balaban J connectivity index is 0.00000133. The van der Waals surface area contributed by atoms with Gasteiger partial charge in [-0.25, -0.2) is 9.98 Å². The Morgan fingerprint density at radius 1 is 1.26 bits per heavy atom. The van der Waals surface area contributed by atoms with E-state index in [0.717, 1.165) is 0 Å². The zero-order valence-corrected chi connectivity index (χ0v) is 10.5. The highest BCUT2D eigenvalue weighted by Crippen LogP contribution is 2.37. The fourth-order valence-corrected chi connectivity index (χ4v) is 1.96. The maximum atomic E-state index is 9.87. The Morgan fingerprint density at radius 3 is 2.79 bits per heavy atom. The van der Waals surface area contributed by atoms with Crippen molar-refractivity contribution in [2.45, 2.75) is 6.04 Å². The molecule has 100 valence electrons. The lowest BCUT2D eigenvalue weighted by atomic mass is 10.0. The van der Waals surface area contributed by atoms with Gasteiger partial charge in [0.2, 0.25) is 0 Å². The quantitative estimate of drug-likeness (QED) is 0.536. The second-order valence-electron chi connectivity index (χ2n) is 3.95. The van der Waals surface area contributed by atoms with Gasteiger partial charge >= 0.3 is 0 Å². The van der Waals surface area contributed by atoms with Gasteiger partial charge in [-0.05, 0) is 12.1 Å². The number of benzene rings is 1. The molecule has 0 saturated carbocycles. The van der Waals surface area contributed by atoms with Gasteiger partial charge in [0.1, 0.15) is 17.5 Å². The summed E-state index contributed by atoms with van der Waals surface area (Å²) < 4.78 is 0. The standard InChI is InChI=1S/C11H11N5O2.ClH/c12-11-15-8(9-10(16-11)14-4-13-9)6-2-1-5(17)3-7(6)18;/h1-4,8,17-18H,(H,13,14)(H3,12,15,16);1H. The summed E-state index contributed by atoms with van der Waals surface area (Å²) in [4.78, 5) is 11.3. The molecular weight excluding hydrogens is 270 g/mol. The largest absolute Gasteiger partial charge is 0.508 e. The number of aromatic nitrogens is 2. The molecule has 1 atom stereocenters. The predicted molar refractivity (Wildman–Crippen MR) is 72.7 cm³/mol. The smallest absolute Gasteiger partial charge is 0.195 e. The van der Waals surface area contributed by atoms with Gasteiger partial charge in [-0.2, -0.15) is 0 Å². The van der Waals surface area contributed by atoms with Crippen molar-refractivity contribution < 1.29 is 10.2 Å². The molecule has 1 aromatic carbocycles. The van der Waals surface area contributed by atoms with Crippen LogP contribution in [0.25, 0.3) is 0 Å². The average molecular weight is 282 g/mol. The molecule has 1 aliphatic heterocycles. The summed E-state index contributed by atoms with van der Waals surface area (Å²) in [6, 6.07) is 3.88. The van der Waals surface area contributed by atoms with Crippen molar-refractivity contribution in [3.63, 3.8) is 0 Å². The second-order valence-corrected chi connectivity index (χ2v) is 3.95. The maximum absolute atomic E-state index is 9.87. The van der Waals surface area contributed by atoms with Crippen LogP contribution in [0.1, 0.15) is 17.3 Å². The summed E-state index contributed by atoms with van der Waals surface area (Å²) in [5.74, 6) is 0.762. The fourth-order valence-electron chi connectivity index (χ4n) is 1.96. The minimum absolute atomic E-state index is 0. The molecule has 7 nitrogen and oxygen atoms in total. The number of aliphatic imine (C=N–C) groups is 1. The van der Waals surface area contributed by atoms with Crippen molar-refractivity contribution in [1.82, 2.24) is 9.97 Å². The molecule has 0 bridgehead atoms. The number of fused-ring (bicyclic) bond motifs is 1. The first kappa shape index (κ1) is 13.0. The molecule has 3 rings (SSSR count). The molecule has 2 heterocycles. The number of phenolic OH excluding ortho intramolecular Hbond substituents is 2. The van der Waals surface area contributed by atoms with E-state index < -0.39 is 6.04 Å². The van der Waals surface area contributed by atoms with Crippen LogP contribution in [-0.2, 0) is 0 Å². The van der Waals surface area contributed by atoms with Crippen molar-refractivity contribution in [1.29, 1.82) is 0 Å². The predicted octanol–water partition coefficient (Wildman–Crippen LogP) is 1.07. The molecule has 2 aromatic rings. The molecule has 0 radical (unpaired) electrons. The van der Waals surface area contributed by atoms with Crippen molar-refractivity contribution in [3.05, 3.63) is 35.8 Å². The van der Waals surface area contributed by atoms with Crippen LogP contribution in [0.4, 0.5) is 5.82 Å². The number of phenols is 2. The Labute approximate surface area is 114 Å². The van der Waals surface area contributed by atoms with Crippen molar-refractivity contribution in [2.75, 3.05) is 5.32 Å². The third-order valence-electron chi connectivity index (χ3n) is 2.77. The lowest BCUT2D eigenvalue weighted by Gasteiger charge is -2.20. The summed E-state index contributed by atoms with van der Waals surface area (Å²) in [6.45, 7) is 0. The number of guanidine groups is 1. The number of nitrogens with one attached hydrogen (secondary N) is 2. The lowest BCUT2D eigenvalue weighted by molar-refractivity contribution is 0.444. The lowest BCUT2D eigenvalue weighted by Crippen LogP contribution is -2.28. The van der Waals surface area contributed by atoms with E-state index in [4.69, 9.17) is 5.73 Å². The van der Waals surface area contributed by atoms with E-state index in [0.29, 0.717) is 17.1 Å². The van der Waals surface area contributed by atoms with Crippen LogP contribution < -0.4 is 11.1 Å². The first-order valence-corrected chi connectivity index (χ1v) is 5.30. The van der Waals surface area contributed by atoms with E-state index in [-0.39, 0.29) is 29.9 Å². The monoisotopic (exact) mass is 281 g/mol. The molecule has 0 fully saturated rings. The molecule has 19 heavy (non-hydrogen) atoms. The van der Waals surface area contributed by atoms with Gasteiger partial charge in [0.25, 0.3) is 0 Å². The normalized spacial score (nSPS) is 16.8. The van der Waals surface area contributed by atoms with Gasteiger partial charge < -0.3 is 26.2 Å². The molecule has 0 amide bonds. The number of aromatic hydroxyl groups is 2.